The summed E-state index contributed by atoms with van der Waals surface area (Å²) in [5, 5.41) is 10.9. The van der Waals surface area contributed by atoms with Crippen molar-refractivity contribution < 1.29 is 9.66 Å². The molecule has 0 amide bonds. The van der Waals surface area contributed by atoms with Crippen molar-refractivity contribution in [2.24, 2.45) is 0 Å². The molecule has 0 radical (unpaired) electrons. The molecule has 4 N–H and O–H groups in total. The van der Waals surface area contributed by atoms with Crippen LogP contribution in [0.4, 0.5) is 17.2 Å². The molecule has 1 aromatic carbocycles. The summed E-state index contributed by atoms with van der Waals surface area (Å²) in [6.07, 6.45) is 1.34. The van der Waals surface area contributed by atoms with Crippen LogP contribution in [0.3, 0.4) is 0 Å². The Morgan fingerprint density at radius 3 is 2.30 bits per heavy atom. The lowest BCUT2D eigenvalue weighted by molar-refractivity contribution is -0.384. The number of rotatable bonds is 3. The zero-order valence-electron chi connectivity index (χ0n) is 11.2. The molecule has 1 aromatic heterocycles. The largest absolute Gasteiger partial charge is 0.450 e. The number of hydrogen-bond acceptors (Lipinski definition) is 6. The minimum absolute atomic E-state index is 0.0391. The number of nitrogens with zero attached hydrogens (tertiary/aromatic N) is 2. The predicted molar refractivity (Wildman–Crippen MR) is 77.6 cm³/mol. The van der Waals surface area contributed by atoms with Gasteiger partial charge in [-0.15, -0.1) is 0 Å². The standard InChI is InChI=1S/C11H10N4O3.C2H6/c12-7-1-3-8(4-2-7)18-9-5-6-14-11(13)10(9)15(16)17;1-2/h1-6H,12H2,(H2,13,14);1-2H3. The number of anilines is 2. The van der Waals surface area contributed by atoms with E-state index in [2.05, 4.69) is 4.98 Å². The minimum Gasteiger partial charge on any atom is -0.450 e. The van der Waals surface area contributed by atoms with Gasteiger partial charge in [-0.3, -0.25) is 10.1 Å². The zero-order valence-corrected chi connectivity index (χ0v) is 11.2. The monoisotopic (exact) mass is 276 g/mol. The molecule has 2 aromatic rings. The molecule has 0 unspecified atom stereocenters. The number of nitro groups is 1. The van der Waals surface area contributed by atoms with E-state index in [9.17, 15) is 10.1 Å². The molecule has 2 rings (SSSR count). The summed E-state index contributed by atoms with van der Waals surface area (Å²) in [5.41, 5.74) is 11.2. The summed E-state index contributed by atoms with van der Waals surface area (Å²) in [6, 6.07) is 7.85. The van der Waals surface area contributed by atoms with Crippen LogP contribution in [0.2, 0.25) is 0 Å². The maximum Gasteiger partial charge on any atom is 0.353 e. The Kier molecular flexibility index (Phi) is 5.28. The second-order valence-electron chi connectivity index (χ2n) is 3.47. The van der Waals surface area contributed by atoms with E-state index in [0.717, 1.165) is 0 Å². The maximum absolute atomic E-state index is 10.9. The van der Waals surface area contributed by atoms with Crippen LogP contribution in [0.1, 0.15) is 13.8 Å². The molecule has 1 heterocycles. The van der Waals surface area contributed by atoms with E-state index in [1.54, 1.807) is 24.3 Å². The van der Waals surface area contributed by atoms with Gasteiger partial charge in [0.15, 0.2) is 0 Å². The molecule has 0 aliphatic rings. The Morgan fingerprint density at radius 1 is 1.15 bits per heavy atom. The molecule has 7 nitrogen and oxygen atoms in total. The summed E-state index contributed by atoms with van der Waals surface area (Å²) in [7, 11) is 0. The zero-order chi connectivity index (χ0) is 15.1. The van der Waals surface area contributed by atoms with Crippen LogP contribution in [0.25, 0.3) is 0 Å². The van der Waals surface area contributed by atoms with Gasteiger partial charge >= 0.3 is 5.69 Å². The molecule has 20 heavy (non-hydrogen) atoms. The number of nitrogen functional groups attached to an aromatic ring is 2. The first-order chi connectivity index (χ1) is 9.58. The van der Waals surface area contributed by atoms with Crippen molar-refractivity contribution in [1.82, 2.24) is 4.98 Å². The van der Waals surface area contributed by atoms with Crippen LogP contribution in [0, 0.1) is 10.1 Å². The highest BCUT2D eigenvalue weighted by molar-refractivity contribution is 5.62. The molecule has 7 heteroatoms. The van der Waals surface area contributed by atoms with Gasteiger partial charge in [-0.05, 0) is 24.3 Å². The van der Waals surface area contributed by atoms with Crippen molar-refractivity contribution in [3.8, 4) is 11.5 Å². The van der Waals surface area contributed by atoms with Gasteiger partial charge in [0.1, 0.15) is 5.75 Å². The third kappa shape index (κ3) is 3.58. The molecular weight excluding hydrogens is 260 g/mol. The third-order valence-corrected chi connectivity index (χ3v) is 2.21. The highest BCUT2D eigenvalue weighted by Crippen LogP contribution is 2.34. The summed E-state index contributed by atoms with van der Waals surface area (Å²) in [4.78, 5) is 13.9. The lowest BCUT2D eigenvalue weighted by Crippen LogP contribution is -2.00. The molecule has 0 atom stereocenters. The first-order valence-corrected chi connectivity index (χ1v) is 6.00. The highest BCUT2D eigenvalue weighted by Gasteiger charge is 2.20. The van der Waals surface area contributed by atoms with E-state index >= 15 is 0 Å². The Balaban J connectivity index is 0.000000956. The topological polar surface area (TPSA) is 117 Å². The summed E-state index contributed by atoms with van der Waals surface area (Å²) < 4.78 is 5.39. The first kappa shape index (κ1) is 15.2. The maximum atomic E-state index is 10.9. The molecule has 0 fully saturated rings. The summed E-state index contributed by atoms with van der Waals surface area (Å²) >= 11 is 0. The number of pyridine rings is 1. The number of aromatic nitrogens is 1. The Labute approximate surface area is 116 Å². The average molecular weight is 276 g/mol. The van der Waals surface area contributed by atoms with Gasteiger partial charge in [-0.1, -0.05) is 13.8 Å². The minimum atomic E-state index is -0.630. The van der Waals surface area contributed by atoms with E-state index in [0.29, 0.717) is 11.4 Å². The Hall–Kier alpha value is -2.83. The molecule has 0 aliphatic carbocycles. The van der Waals surface area contributed by atoms with Crippen molar-refractivity contribution in [2.45, 2.75) is 13.8 Å². The lowest BCUT2D eigenvalue weighted by atomic mass is 10.3. The SMILES string of the molecule is CC.Nc1ccc(Oc2ccnc(N)c2[N+](=O)[O-])cc1. The summed E-state index contributed by atoms with van der Waals surface area (Å²) in [5.74, 6) is 0.281. The van der Waals surface area contributed by atoms with Crippen LogP contribution in [0.15, 0.2) is 36.5 Å². The quantitative estimate of drug-likeness (QED) is 0.505. The normalized spacial score (nSPS) is 9.30. The molecule has 0 bridgehead atoms. The van der Waals surface area contributed by atoms with Crippen LogP contribution < -0.4 is 16.2 Å². The van der Waals surface area contributed by atoms with Gasteiger partial charge in [0, 0.05) is 18.0 Å². The second-order valence-corrected chi connectivity index (χ2v) is 3.47. The number of nitrogens with two attached hydrogens (primary N) is 2. The Morgan fingerprint density at radius 2 is 1.75 bits per heavy atom. The molecular formula is C13H16N4O3. The van der Waals surface area contributed by atoms with E-state index < -0.39 is 4.92 Å². The van der Waals surface area contributed by atoms with Gasteiger partial charge in [0.2, 0.25) is 11.6 Å². The smallest absolute Gasteiger partial charge is 0.353 e. The van der Waals surface area contributed by atoms with Crippen molar-refractivity contribution in [1.29, 1.82) is 0 Å². The van der Waals surface area contributed by atoms with Crippen LogP contribution >= 0.6 is 0 Å². The van der Waals surface area contributed by atoms with Gasteiger partial charge in [-0.25, -0.2) is 4.98 Å². The fourth-order valence-electron chi connectivity index (χ4n) is 1.38. The predicted octanol–water partition coefficient (Wildman–Crippen LogP) is 2.97. The molecule has 0 spiro atoms. The average Bonchev–Trinajstić information content (AvgIpc) is 2.43. The molecule has 0 aliphatic heterocycles. The van der Waals surface area contributed by atoms with Crippen LogP contribution in [-0.4, -0.2) is 9.91 Å². The van der Waals surface area contributed by atoms with Crippen molar-refractivity contribution in [3.63, 3.8) is 0 Å². The van der Waals surface area contributed by atoms with Gasteiger partial charge in [0.25, 0.3) is 0 Å². The number of benzene rings is 1. The van der Waals surface area contributed by atoms with E-state index in [-0.39, 0.29) is 17.3 Å². The lowest BCUT2D eigenvalue weighted by Gasteiger charge is -2.07. The molecule has 106 valence electrons. The highest BCUT2D eigenvalue weighted by atomic mass is 16.6. The fourth-order valence-corrected chi connectivity index (χ4v) is 1.38. The van der Waals surface area contributed by atoms with Crippen molar-refractivity contribution >= 4 is 17.2 Å². The van der Waals surface area contributed by atoms with Crippen LogP contribution in [0.5, 0.6) is 11.5 Å². The summed E-state index contributed by atoms with van der Waals surface area (Å²) in [6.45, 7) is 4.00. The van der Waals surface area contributed by atoms with Gasteiger partial charge < -0.3 is 16.2 Å². The number of ether oxygens (including phenoxy) is 1. The number of hydrogen-bond donors (Lipinski definition) is 2. The molecule has 0 saturated carbocycles. The van der Waals surface area contributed by atoms with E-state index in [1.165, 1.54) is 12.3 Å². The first-order valence-electron chi connectivity index (χ1n) is 6.00. The van der Waals surface area contributed by atoms with Crippen molar-refractivity contribution in [3.05, 3.63) is 46.6 Å². The van der Waals surface area contributed by atoms with E-state index in [4.69, 9.17) is 16.2 Å². The Bertz CT molecular complexity index is 585. The fraction of sp³-hybridized carbons (Fsp3) is 0.154. The van der Waals surface area contributed by atoms with Gasteiger partial charge in [-0.2, -0.15) is 0 Å². The van der Waals surface area contributed by atoms with Gasteiger partial charge in [0.05, 0.1) is 4.92 Å². The molecule has 0 saturated heterocycles. The second kappa shape index (κ2) is 6.93. The van der Waals surface area contributed by atoms with Crippen LogP contribution in [-0.2, 0) is 0 Å². The third-order valence-electron chi connectivity index (χ3n) is 2.21. The van der Waals surface area contributed by atoms with Crippen molar-refractivity contribution in [2.75, 3.05) is 11.5 Å². The van der Waals surface area contributed by atoms with E-state index in [1.807, 2.05) is 13.8 Å².